The SMILES string of the molecule is COc1cc(C=NNc2nc(-c3ccccc3)c(C#N)c(=O)[nH]2)ccc1Oc1nc(Cl)ncc1F. The largest absolute Gasteiger partial charge is 0.493 e. The first-order valence-corrected chi connectivity index (χ1v) is 10.3. The van der Waals surface area contributed by atoms with E-state index in [-0.39, 0.29) is 39.9 Å². The van der Waals surface area contributed by atoms with Gasteiger partial charge in [0.2, 0.25) is 17.0 Å². The first kappa shape index (κ1) is 23.3. The van der Waals surface area contributed by atoms with Crippen LogP contribution in [-0.4, -0.2) is 33.3 Å². The van der Waals surface area contributed by atoms with Crippen molar-refractivity contribution < 1.29 is 13.9 Å². The number of hydrogen-bond donors (Lipinski definition) is 2. The van der Waals surface area contributed by atoms with Crippen molar-refractivity contribution in [2.75, 3.05) is 12.5 Å². The fourth-order valence-corrected chi connectivity index (χ4v) is 3.08. The van der Waals surface area contributed by atoms with Crippen molar-refractivity contribution >= 4 is 23.8 Å². The molecule has 0 bridgehead atoms. The minimum Gasteiger partial charge on any atom is -0.493 e. The number of nitrogens with one attached hydrogen (secondary N) is 2. The molecule has 4 rings (SSSR count). The predicted octanol–water partition coefficient (Wildman–Crippen LogP) is 4.14. The van der Waals surface area contributed by atoms with Gasteiger partial charge in [-0.1, -0.05) is 30.3 Å². The van der Waals surface area contributed by atoms with Crippen LogP contribution in [0.3, 0.4) is 0 Å². The molecule has 174 valence electrons. The van der Waals surface area contributed by atoms with E-state index in [0.29, 0.717) is 11.1 Å². The number of hydrogen-bond acceptors (Lipinski definition) is 9. The summed E-state index contributed by atoms with van der Waals surface area (Å²) in [5.41, 5.74) is 3.37. The van der Waals surface area contributed by atoms with Gasteiger partial charge in [-0.25, -0.2) is 15.4 Å². The third-order valence-corrected chi connectivity index (χ3v) is 4.72. The highest BCUT2D eigenvalue weighted by Gasteiger charge is 2.14. The molecule has 2 aromatic carbocycles. The van der Waals surface area contributed by atoms with Crippen molar-refractivity contribution in [3.8, 4) is 34.7 Å². The Balaban J connectivity index is 1.55. The van der Waals surface area contributed by atoms with Crippen LogP contribution in [0.2, 0.25) is 5.28 Å². The van der Waals surface area contributed by atoms with Crippen molar-refractivity contribution in [1.29, 1.82) is 5.26 Å². The van der Waals surface area contributed by atoms with Gasteiger partial charge in [0.1, 0.15) is 11.6 Å². The zero-order valence-electron chi connectivity index (χ0n) is 18.0. The minimum absolute atomic E-state index is 0.0483. The molecule has 0 aliphatic rings. The molecule has 0 saturated heterocycles. The number of benzene rings is 2. The Kier molecular flexibility index (Phi) is 6.94. The molecule has 0 aliphatic carbocycles. The first-order valence-electron chi connectivity index (χ1n) is 9.91. The summed E-state index contributed by atoms with van der Waals surface area (Å²) >= 11 is 5.69. The summed E-state index contributed by atoms with van der Waals surface area (Å²) < 4.78 is 24.6. The molecule has 2 N–H and O–H groups in total. The second kappa shape index (κ2) is 10.4. The van der Waals surface area contributed by atoms with Crippen molar-refractivity contribution in [2.45, 2.75) is 0 Å². The van der Waals surface area contributed by atoms with Crippen molar-refractivity contribution in [2.24, 2.45) is 5.10 Å². The summed E-state index contributed by atoms with van der Waals surface area (Å²) in [4.78, 5) is 26.4. The number of nitrogens with zero attached hydrogens (tertiary/aromatic N) is 5. The molecular formula is C23H15ClFN7O3. The summed E-state index contributed by atoms with van der Waals surface area (Å²) in [5, 5.41) is 13.3. The van der Waals surface area contributed by atoms with Gasteiger partial charge in [0.15, 0.2) is 11.5 Å². The molecule has 0 radical (unpaired) electrons. The fraction of sp³-hybridized carbons (Fsp3) is 0.0435. The number of aromatic amines is 1. The summed E-state index contributed by atoms with van der Waals surface area (Å²) in [6, 6.07) is 15.5. The van der Waals surface area contributed by atoms with E-state index in [1.807, 2.05) is 12.1 Å². The molecule has 4 aromatic rings. The number of anilines is 1. The van der Waals surface area contributed by atoms with Crippen molar-refractivity contribution in [1.82, 2.24) is 19.9 Å². The average molecular weight is 492 g/mol. The Morgan fingerprint density at radius 3 is 2.74 bits per heavy atom. The summed E-state index contributed by atoms with van der Waals surface area (Å²) in [6.45, 7) is 0. The monoisotopic (exact) mass is 491 g/mol. The first-order chi connectivity index (χ1) is 17.0. The second-order valence-electron chi connectivity index (χ2n) is 6.79. The quantitative estimate of drug-likeness (QED) is 0.223. The van der Waals surface area contributed by atoms with Crippen molar-refractivity contribution in [3.63, 3.8) is 0 Å². The third kappa shape index (κ3) is 5.40. The molecule has 35 heavy (non-hydrogen) atoms. The van der Waals surface area contributed by atoms with E-state index in [4.69, 9.17) is 21.1 Å². The molecule has 0 spiro atoms. The third-order valence-electron chi connectivity index (χ3n) is 4.54. The number of rotatable bonds is 7. The van der Waals surface area contributed by atoms with E-state index in [1.165, 1.54) is 19.4 Å². The number of aromatic nitrogens is 4. The highest BCUT2D eigenvalue weighted by molar-refractivity contribution is 6.28. The van der Waals surface area contributed by atoms with Crippen LogP contribution in [0.25, 0.3) is 11.3 Å². The maximum atomic E-state index is 13.9. The summed E-state index contributed by atoms with van der Waals surface area (Å²) in [5.74, 6) is -0.620. The summed E-state index contributed by atoms with van der Waals surface area (Å²) in [7, 11) is 1.42. The average Bonchev–Trinajstić information content (AvgIpc) is 2.87. The lowest BCUT2D eigenvalue weighted by atomic mass is 10.1. The van der Waals surface area contributed by atoms with Gasteiger partial charge in [0.05, 0.1) is 25.2 Å². The molecule has 12 heteroatoms. The van der Waals surface area contributed by atoms with Crippen LogP contribution in [0.5, 0.6) is 17.4 Å². The van der Waals surface area contributed by atoms with Crippen LogP contribution in [0.1, 0.15) is 11.1 Å². The molecule has 0 amide bonds. The van der Waals surface area contributed by atoms with Crippen LogP contribution in [0, 0.1) is 17.1 Å². The Morgan fingerprint density at radius 1 is 1.20 bits per heavy atom. The summed E-state index contributed by atoms with van der Waals surface area (Å²) in [6.07, 6.45) is 2.34. The minimum atomic E-state index is -0.787. The lowest BCUT2D eigenvalue weighted by Crippen LogP contribution is -2.16. The number of hydrazone groups is 1. The number of nitriles is 1. The number of methoxy groups -OCH3 is 1. The number of H-pyrrole nitrogens is 1. The van der Waals surface area contributed by atoms with Gasteiger partial charge in [0.25, 0.3) is 11.4 Å². The molecule has 0 unspecified atom stereocenters. The van der Waals surface area contributed by atoms with Gasteiger partial charge in [-0.2, -0.15) is 19.7 Å². The predicted molar refractivity (Wildman–Crippen MR) is 126 cm³/mol. The van der Waals surface area contributed by atoms with E-state index < -0.39 is 11.4 Å². The smallest absolute Gasteiger partial charge is 0.270 e. The van der Waals surface area contributed by atoms with E-state index in [1.54, 1.807) is 36.4 Å². The molecule has 2 heterocycles. The number of ether oxygens (including phenoxy) is 2. The Hall–Kier alpha value is -4.82. The van der Waals surface area contributed by atoms with E-state index in [2.05, 4.69) is 30.5 Å². The lowest BCUT2D eigenvalue weighted by molar-refractivity contribution is 0.363. The number of halogens is 2. The lowest BCUT2D eigenvalue weighted by Gasteiger charge is -2.10. The zero-order valence-corrected chi connectivity index (χ0v) is 18.7. The topological polar surface area (TPSA) is 138 Å². The Morgan fingerprint density at radius 2 is 2.00 bits per heavy atom. The molecule has 2 aromatic heterocycles. The van der Waals surface area contributed by atoms with Gasteiger partial charge < -0.3 is 9.47 Å². The molecule has 0 aliphatic heterocycles. The standard InChI is InChI=1S/C23H15ClFN7O3/c1-34-18-9-13(7-8-17(18)35-21-16(25)12-27-22(24)31-21)11-28-32-23-29-19(14-5-3-2-4-6-14)15(10-26)20(33)30-23/h2-9,11-12H,1H3,(H2,29,30,32,33). The van der Waals surface area contributed by atoms with Crippen LogP contribution < -0.4 is 20.5 Å². The Labute approximate surface area is 202 Å². The normalized spacial score (nSPS) is 10.7. The van der Waals surface area contributed by atoms with Gasteiger partial charge in [0, 0.05) is 5.56 Å². The maximum Gasteiger partial charge on any atom is 0.270 e. The van der Waals surface area contributed by atoms with Gasteiger partial charge in [-0.15, -0.1) is 0 Å². The van der Waals surface area contributed by atoms with E-state index >= 15 is 0 Å². The van der Waals surface area contributed by atoms with Gasteiger partial charge >= 0.3 is 0 Å². The zero-order chi connectivity index (χ0) is 24.8. The fourth-order valence-electron chi connectivity index (χ4n) is 2.96. The van der Waals surface area contributed by atoms with E-state index in [9.17, 15) is 14.4 Å². The van der Waals surface area contributed by atoms with Crippen molar-refractivity contribution in [3.05, 3.63) is 87.3 Å². The molecule has 10 nitrogen and oxygen atoms in total. The molecular weight excluding hydrogens is 477 g/mol. The van der Waals surface area contributed by atoms with E-state index in [0.717, 1.165) is 6.20 Å². The highest BCUT2D eigenvalue weighted by Crippen LogP contribution is 2.32. The molecule has 0 saturated carbocycles. The highest BCUT2D eigenvalue weighted by atomic mass is 35.5. The second-order valence-corrected chi connectivity index (χ2v) is 7.13. The van der Waals surface area contributed by atoms with Crippen LogP contribution in [-0.2, 0) is 0 Å². The van der Waals surface area contributed by atoms with Crippen LogP contribution in [0.4, 0.5) is 10.3 Å². The Bertz CT molecular complexity index is 1500. The van der Waals surface area contributed by atoms with Gasteiger partial charge in [-0.05, 0) is 35.4 Å². The van der Waals surface area contributed by atoms with Crippen LogP contribution >= 0.6 is 11.6 Å². The van der Waals surface area contributed by atoms with Crippen LogP contribution in [0.15, 0.2) is 64.6 Å². The van der Waals surface area contributed by atoms with Gasteiger partial charge in [-0.3, -0.25) is 9.78 Å². The maximum absolute atomic E-state index is 13.9. The molecule has 0 fully saturated rings. The molecule has 0 atom stereocenters.